The molecule has 225 valence electrons. The molecule has 0 amide bonds. The van der Waals surface area contributed by atoms with Gasteiger partial charge in [0.15, 0.2) is 11.5 Å². The van der Waals surface area contributed by atoms with Gasteiger partial charge in [0.1, 0.15) is 15.9 Å². The van der Waals surface area contributed by atoms with Crippen LogP contribution >= 0.6 is 28.7 Å². The number of hydrogen-bond acceptors (Lipinski definition) is 10. The summed E-state index contributed by atoms with van der Waals surface area (Å²) in [6.07, 6.45) is 12.8. The average Bonchev–Trinajstić information content (AvgIpc) is 3.88. The molecule has 8 rings (SSSR count). The van der Waals surface area contributed by atoms with E-state index in [1.54, 1.807) is 24.8 Å². The van der Waals surface area contributed by atoms with Gasteiger partial charge in [-0.1, -0.05) is 22.4 Å². The van der Waals surface area contributed by atoms with Crippen LogP contribution in [0, 0.1) is 13.8 Å². The third-order valence-corrected chi connectivity index (χ3v) is 7.43. The van der Waals surface area contributed by atoms with E-state index in [1.807, 2.05) is 102 Å². The van der Waals surface area contributed by atoms with Gasteiger partial charge in [0.25, 0.3) is 0 Å². The predicted octanol–water partition coefficient (Wildman–Crippen LogP) is 7.67. The SMILES string of the molecule is Cc1cccc(-c2cnoc2-c2ccc3ncc(Br)n3c2)n1.Cc1cccc(-c2cnoc2-c2ccc3nccn3c2)n1.[B]=NS. The van der Waals surface area contributed by atoms with E-state index >= 15 is 0 Å². The molecule has 0 aromatic carbocycles. The molecule has 11 nitrogen and oxygen atoms in total. The number of aromatic nitrogens is 8. The maximum atomic E-state index is 5.47. The molecule has 0 bridgehead atoms. The fraction of sp³-hybridized carbons (Fsp3) is 0.0625. The van der Waals surface area contributed by atoms with Gasteiger partial charge in [0.05, 0.1) is 41.1 Å². The Labute approximate surface area is 278 Å². The van der Waals surface area contributed by atoms with E-state index < -0.39 is 0 Å². The van der Waals surface area contributed by atoms with Crippen LogP contribution < -0.4 is 0 Å². The monoisotopic (exact) mass is 688 g/mol. The molecular weight excluding hydrogens is 665 g/mol. The summed E-state index contributed by atoms with van der Waals surface area (Å²) in [4.78, 5) is 17.6. The Morgan fingerprint density at radius 2 is 1.30 bits per heavy atom. The number of rotatable bonds is 4. The van der Waals surface area contributed by atoms with Crippen LogP contribution in [0.4, 0.5) is 0 Å². The third-order valence-electron chi connectivity index (χ3n) is 6.84. The van der Waals surface area contributed by atoms with Gasteiger partial charge in [-0.15, -0.1) is 0 Å². The van der Waals surface area contributed by atoms with Crippen molar-refractivity contribution in [1.29, 1.82) is 0 Å². The Balaban J connectivity index is 0.000000149. The van der Waals surface area contributed by atoms with Crippen molar-refractivity contribution in [3.63, 3.8) is 0 Å². The Bertz CT molecular complexity index is 2280. The molecule has 0 atom stereocenters. The summed E-state index contributed by atoms with van der Waals surface area (Å²) in [7, 11) is 4.34. The van der Waals surface area contributed by atoms with E-state index in [0.29, 0.717) is 11.5 Å². The van der Waals surface area contributed by atoms with Crippen molar-refractivity contribution in [1.82, 2.24) is 39.1 Å². The number of halogens is 1. The van der Waals surface area contributed by atoms with E-state index in [0.717, 1.165) is 60.9 Å². The van der Waals surface area contributed by atoms with Crippen molar-refractivity contribution < 1.29 is 9.05 Å². The van der Waals surface area contributed by atoms with Crippen LogP contribution in [0.15, 0.2) is 122 Å². The van der Waals surface area contributed by atoms with Gasteiger partial charge in [-0.2, -0.15) is 0 Å². The molecule has 0 spiro atoms. The summed E-state index contributed by atoms with van der Waals surface area (Å²) >= 11 is 6.67. The number of aryl methyl sites for hydroxylation is 2. The summed E-state index contributed by atoms with van der Waals surface area (Å²) < 4.78 is 18.4. The van der Waals surface area contributed by atoms with Crippen molar-refractivity contribution in [2.75, 3.05) is 0 Å². The molecule has 0 N–H and O–H groups in total. The molecule has 46 heavy (non-hydrogen) atoms. The number of imidazole rings is 2. The minimum atomic E-state index is 0.695. The minimum absolute atomic E-state index is 0.695. The zero-order valence-electron chi connectivity index (χ0n) is 24.6. The summed E-state index contributed by atoms with van der Waals surface area (Å²) in [5.41, 5.74) is 9.01. The summed E-state index contributed by atoms with van der Waals surface area (Å²) in [5.74, 6) is 1.41. The van der Waals surface area contributed by atoms with Crippen molar-refractivity contribution in [3.05, 3.63) is 120 Å². The number of nitrogens with zero attached hydrogens (tertiary/aromatic N) is 9. The molecule has 0 unspecified atom stereocenters. The van der Waals surface area contributed by atoms with Gasteiger partial charge >= 0.3 is 24.8 Å². The molecule has 0 aliphatic rings. The number of hydrogen-bond donors (Lipinski definition) is 1. The fourth-order valence-electron chi connectivity index (χ4n) is 4.79. The van der Waals surface area contributed by atoms with Crippen LogP contribution in [0.5, 0.6) is 0 Å². The Morgan fingerprint density at radius 3 is 1.89 bits per heavy atom. The van der Waals surface area contributed by atoms with Crippen molar-refractivity contribution >= 4 is 47.7 Å². The van der Waals surface area contributed by atoms with Gasteiger partial charge in [-0.3, -0.25) is 14.4 Å². The topological polar surface area (TPSA) is 125 Å². The van der Waals surface area contributed by atoms with E-state index in [-0.39, 0.29) is 0 Å². The van der Waals surface area contributed by atoms with Crippen molar-refractivity contribution in [2.24, 2.45) is 4.30 Å². The zero-order valence-corrected chi connectivity index (χ0v) is 27.0. The van der Waals surface area contributed by atoms with Gasteiger partial charge < -0.3 is 13.4 Å². The molecule has 0 aliphatic carbocycles. The molecule has 14 heteroatoms. The first-order valence-electron chi connectivity index (χ1n) is 13.8. The van der Waals surface area contributed by atoms with E-state index in [4.69, 9.17) is 9.05 Å². The second-order valence-electron chi connectivity index (χ2n) is 9.92. The first kappa shape index (κ1) is 30.8. The summed E-state index contributed by atoms with van der Waals surface area (Å²) in [6, 6.07) is 19.6. The number of thiol groups is 1. The quantitative estimate of drug-likeness (QED) is 0.148. The normalized spacial score (nSPS) is 10.7. The molecular formula is C32H24BBrN9O2S. The van der Waals surface area contributed by atoms with E-state index in [1.165, 1.54) is 0 Å². The number of fused-ring (bicyclic) bond motifs is 2. The first-order valence-corrected chi connectivity index (χ1v) is 15.0. The Morgan fingerprint density at radius 1 is 0.739 bits per heavy atom. The molecule has 8 aromatic rings. The van der Waals surface area contributed by atoms with E-state index in [9.17, 15) is 0 Å². The molecule has 0 saturated heterocycles. The van der Waals surface area contributed by atoms with Crippen LogP contribution in [0.25, 0.3) is 56.5 Å². The first-order chi connectivity index (χ1) is 22.4. The van der Waals surface area contributed by atoms with Gasteiger partial charge in [0, 0.05) is 47.3 Å². The second kappa shape index (κ2) is 13.8. The van der Waals surface area contributed by atoms with Gasteiger partial charge in [0.2, 0.25) is 0 Å². The second-order valence-corrected chi connectivity index (χ2v) is 11.0. The third kappa shape index (κ3) is 6.58. The standard InChI is InChI=1S/C16H11BrN4O.C16H12N4O.BHNS/c1-10-3-2-4-13(20-10)12-7-19-22-16(12)11-5-6-15-18-8-14(17)21(15)9-11;1-11-3-2-4-14(19-11)13-9-18-21-16(13)12-5-6-15-17-7-8-20(15)10-12;1-2-3/h2-9H,1H3;2-10H,1H3;3H. The Kier molecular flexibility index (Phi) is 9.27. The molecule has 0 saturated carbocycles. The average molecular weight is 689 g/mol. The fourth-order valence-corrected chi connectivity index (χ4v) is 5.17. The predicted molar refractivity (Wildman–Crippen MR) is 182 cm³/mol. The summed E-state index contributed by atoms with van der Waals surface area (Å²) in [6.45, 7) is 3.93. The van der Waals surface area contributed by atoms with Crippen LogP contribution in [-0.4, -0.2) is 46.7 Å². The molecule has 8 aromatic heterocycles. The van der Waals surface area contributed by atoms with Gasteiger partial charge in [-0.25, -0.2) is 9.97 Å². The zero-order chi connectivity index (χ0) is 32.0. The van der Waals surface area contributed by atoms with Crippen LogP contribution in [-0.2, 0) is 0 Å². The molecule has 0 aliphatic heterocycles. The number of pyridine rings is 4. The van der Waals surface area contributed by atoms with E-state index in [2.05, 4.69) is 70.9 Å². The van der Waals surface area contributed by atoms with Crippen LogP contribution in [0.1, 0.15) is 11.4 Å². The summed E-state index contributed by atoms with van der Waals surface area (Å²) in [5, 5.41) is 7.88. The molecule has 0 fully saturated rings. The van der Waals surface area contributed by atoms with Crippen molar-refractivity contribution in [3.8, 4) is 45.2 Å². The van der Waals surface area contributed by atoms with Crippen LogP contribution in [0.3, 0.4) is 0 Å². The van der Waals surface area contributed by atoms with Crippen molar-refractivity contribution in [2.45, 2.75) is 13.8 Å². The molecule has 1 radical (unpaired) electrons. The maximum absolute atomic E-state index is 5.47. The van der Waals surface area contributed by atoms with Crippen LogP contribution in [0.2, 0.25) is 0 Å². The molecule has 8 heterocycles. The van der Waals surface area contributed by atoms with Gasteiger partial charge in [-0.05, 0) is 78.3 Å². The Hall–Kier alpha value is -5.21.